The van der Waals surface area contributed by atoms with Crippen molar-refractivity contribution in [1.82, 2.24) is 20.1 Å². The van der Waals surface area contributed by atoms with Gasteiger partial charge in [0.2, 0.25) is 5.82 Å². The molecule has 6 heteroatoms. The summed E-state index contributed by atoms with van der Waals surface area (Å²) in [7, 11) is 1.84. The van der Waals surface area contributed by atoms with Crippen LogP contribution < -0.4 is 5.73 Å². The Bertz CT molecular complexity index is 490. The van der Waals surface area contributed by atoms with Gasteiger partial charge in [-0.1, -0.05) is 33.6 Å². The van der Waals surface area contributed by atoms with Gasteiger partial charge in [0.25, 0.3) is 5.91 Å². The number of amides is 1. The van der Waals surface area contributed by atoms with Crippen LogP contribution in [0.3, 0.4) is 0 Å². The normalized spacial score (nSPS) is 23.1. The SMILES string of the molecule is CN(C(=O)c1n[nH]c(C(C)(C)C)n1)C1CCCCC1CN. The Hall–Kier alpha value is -1.43. The van der Waals surface area contributed by atoms with Crippen LogP contribution in [0.15, 0.2) is 0 Å². The number of carbonyl (C=O) groups excluding carboxylic acids is 1. The number of hydrogen-bond acceptors (Lipinski definition) is 4. The lowest BCUT2D eigenvalue weighted by atomic mass is 9.83. The molecule has 21 heavy (non-hydrogen) atoms. The lowest BCUT2D eigenvalue weighted by molar-refractivity contribution is 0.0608. The summed E-state index contributed by atoms with van der Waals surface area (Å²) >= 11 is 0. The van der Waals surface area contributed by atoms with Gasteiger partial charge in [0.05, 0.1) is 0 Å². The van der Waals surface area contributed by atoms with E-state index in [1.807, 2.05) is 27.8 Å². The second-order valence-corrected chi connectivity index (χ2v) is 7.02. The number of nitrogens with one attached hydrogen (secondary N) is 1. The van der Waals surface area contributed by atoms with Crippen molar-refractivity contribution in [1.29, 1.82) is 0 Å². The van der Waals surface area contributed by atoms with E-state index in [0.29, 0.717) is 12.5 Å². The molecule has 2 rings (SSSR count). The Kier molecular flexibility index (Phi) is 4.66. The van der Waals surface area contributed by atoms with Crippen molar-refractivity contribution in [3.8, 4) is 0 Å². The highest BCUT2D eigenvalue weighted by molar-refractivity contribution is 5.90. The minimum absolute atomic E-state index is 0.118. The van der Waals surface area contributed by atoms with Crippen molar-refractivity contribution in [2.24, 2.45) is 11.7 Å². The van der Waals surface area contributed by atoms with E-state index in [4.69, 9.17) is 5.73 Å². The van der Waals surface area contributed by atoms with Gasteiger partial charge in [-0.25, -0.2) is 4.98 Å². The van der Waals surface area contributed by atoms with Gasteiger partial charge < -0.3 is 10.6 Å². The molecular weight excluding hydrogens is 266 g/mol. The van der Waals surface area contributed by atoms with Crippen LogP contribution in [0.25, 0.3) is 0 Å². The Balaban J connectivity index is 2.13. The molecule has 1 saturated carbocycles. The molecule has 2 atom stereocenters. The summed E-state index contributed by atoms with van der Waals surface area (Å²) in [5.41, 5.74) is 5.71. The first kappa shape index (κ1) is 15.9. The molecule has 1 fully saturated rings. The molecule has 0 spiro atoms. The van der Waals surface area contributed by atoms with Crippen LogP contribution in [-0.4, -0.2) is 45.6 Å². The van der Waals surface area contributed by atoms with E-state index in [1.165, 1.54) is 6.42 Å². The van der Waals surface area contributed by atoms with E-state index in [2.05, 4.69) is 15.2 Å². The van der Waals surface area contributed by atoms with E-state index in [9.17, 15) is 4.79 Å². The predicted molar refractivity (Wildman–Crippen MR) is 82.0 cm³/mol. The predicted octanol–water partition coefficient (Wildman–Crippen LogP) is 1.69. The number of nitrogens with two attached hydrogens (primary N) is 1. The minimum Gasteiger partial charge on any atom is -0.336 e. The number of aromatic amines is 1. The summed E-state index contributed by atoms with van der Waals surface area (Å²) in [6, 6.07) is 0.202. The molecule has 0 radical (unpaired) electrons. The summed E-state index contributed by atoms with van der Waals surface area (Å²) in [5, 5.41) is 6.97. The monoisotopic (exact) mass is 293 g/mol. The maximum Gasteiger partial charge on any atom is 0.293 e. The summed E-state index contributed by atoms with van der Waals surface area (Å²) in [6.07, 6.45) is 4.47. The molecule has 1 aliphatic carbocycles. The number of nitrogens with zero attached hydrogens (tertiary/aromatic N) is 3. The quantitative estimate of drug-likeness (QED) is 0.887. The van der Waals surface area contributed by atoms with Crippen LogP contribution in [0.4, 0.5) is 0 Å². The lowest BCUT2D eigenvalue weighted by Crippen LogP contribution is -2.46. The van der Waals surface area contributed by atoms with Gasteiger partial charge >= 0.3 is 0 Å². The lowest BCUT2D eigenvalue weighted by Gasteiger charge is -2.37. The van der Waals surface area contributed by atoms with E-state index in [1.54, 1.807) is 4.90 Å². The van der Waals surface area contributed by atoms with Crippen LogP contribution >= 0.6 is 0 Å². The van der Waals surface area contributed by atoms with Gasteiger partial charge in [0.15, 0.2) is 0 Å². The smallest absolute Gasteiger partial charge is 0.293 e. The standard InChI is InChI=1S/C15H27N5O/c1-15(2,3)14-17-12(18-19-14)13(21)20(4)11-8-6-5-7-10(11)9-16/h10-11H,5-9,16H2,1-4H3,(H,17,18,19). The number of carbonyl (C=O) groups is 1. The Labute approximate surface area is 126 Å². The van der Waals surface area contributed by atoms with Crippen LogP contribution in [0.5, 0.6) is 0 Å². The second kappa shape index (κ2) is 6.13. The van der Waals surface area contributed by atoms with E-state index in [-0.39, 0.29) is 23.2 Å². The minimum atomic E-state index is -0.144. The molecule has 1 heterocycles. The van der Waals surface area contributed by atoms with Crippen molar-refractivity contribution < 1.29 is 4.79 Å². The van der Waals surface area contributed by atoms with Crippen LogP contribution in [-0.2, 0) is 5.41 Å². The second-order valence-electron chi connectivity index (χ2n) is 7.02. The average Bonchev–Trinajstić information content (AvgIpc) is 2.95. The first-order valence-corrected chi connectivity index (χ1v) is 7.74. The maximum atomic E-state index is 12.6. The van der Waals surface area contributed by atoms with E-state index < -0.39 is 0 Å². The number of hydrogen-bond donors (Lipinski definition) is 2. The molecular formula is C15H27N5O. The first-order valence-electron chi connectivity index (χ1n) is 7.74. The number of H-pyrrole nitrogens is 1. The summed E-state index contributed by atoms with van der Waals surface area (Å²) < 4.78 is 0. The average molecular weight is 293 g/mol. The molecule has 0 aromatic carbocycles. The highest BCUT2D eigenvalue weighted by atomic mass is 16.2. The van der Waals surface area contributed by atoms with Gasteiger partial charge in [-0.15, -0.1) is 5.10 Å². The third-order valence-electron chi connectivity index (χ3n) is 4.38. The molecule has 0 bridgehead atoms. The molecule has 1 amide bonds. The third kappa shape index (κ3) is 3.43. The van der Waals surface area contributed by atoms with Crippen LogP contribution in [0.1, 0.15) is 62.9 Å². The van der Waals surface area contributed by atoms with Crippen molar-refractivity contribution >= 4 is 5.91 Å². The number of aromatic nitrogens is 3. The summed E-state index contributed by atoms with van der Waals surface area (Å²) in [5.74, 6) is 1.25. The molecule has 3 N–H and O–H groups in total. The molecule has 0 aliphatic heterocycles. The van der Waals surface area contributed by atoms with Crippen LogP contribution in [0, 0.1) is 5.92 Å². The highest BCUT2D eigenvalue weighted by Gasteiger charge is 2.32. The molecule has 2 unspecified atom stereocenters. The van der Waals surface area contributed by atoms with Gasteiger partial charge in [0.1, 0.15) is 5.82 Å². The first-order chi connectivity index (χ1) is 9.84. The Morgan fingerprint density at radius 3 is 2.62 bits per heavy atom. The topological polar surface area (TPSA) is 87.9 Å². The zero-order valence-corrected chi connectivity index (χ0v) is 13.5. The van der Waals surface area contributed by atoms with Gasteiger partial charge in [0, 0.05) is 18.5 Å². The zero-order valence-electron chi connectivity index (χ0n) is 13.5. The van der Waals surface area contributed by atoms with E-state index >= 15 is 0 Å². The van der Waals surface area contributed by atoms with E-state index in [0.717, 1.165) is 25.1 Å². The highest BCUT2D eigenvalue weighted by Crippen LogP contribution is 2.28. The molecule has 0 saturated heterocycles. The van der Waals surface area contributed by atoms with Gasteiger partial charge in [-0.2, -0.15) is 0 Å². The van der Waals surface area contributed by atoms with Crippen LogP contribution in [0.2, 0.25) is 0 Å². The molecule has 6 nitrogen and oxygen atoms in total. The Morgan fingerprint density at radius 1 is 1.38 bits per heavy atom. The molecule has 1 aromatic rings. The van der Waals surface area contributed by atoms with Crippen molar-refractivity contribution in [3.05, 3.63) is 11.6 Å². The zero-order chi connectivity index (χ0) is 15.6. The number of rotatable bonds is 3. The van der Waals surface area contributed by atoms with Gasteiger partial charge in [-0.3, -0.25) is 9.89 Å². The fourth-order valence-corrected chi connectivity index (χ4v) is 2.97. The van der Waals surface area contributed by atoms with Crippen molar-refractivity contribution in [2.45, 2.75) is 57.9 Å². The molecule has 1 aromatic heterocycles. The third-order valence-corrected chi connectivity index (χ3v) is 4.38. The molecule has 118 valence electrons. The Morgan fingerprint density at radius 2 is 2.05 bits per heavy atom. The fraction of sp³-hybridized carbons (Fsp3) is 0.800. The maximum absolute atomic E-state index is 12.6. The summed E-state index contributed by atoms with van der Waals surface area (Å²) in [4.78, 5) is 18.7. The van der Waals surface area contributed by atoms with Crippen molar-refractivity contribution in [2.75, 3.05) is 13.6 Å². The largest absolute Gasteiger partial charge is 0.336 e. The summed E-state index contributed by atoms with van der Waals surface area (Å²) in [6.45, 7) is 6.74. The van der Waals surface area contributed by atoms with Crippen molar-refractivity contribution in [3.63, 3.8) is 0 Å². The molecule has 1 aliphatic rings. The fourth-order valence-electron chi connectivity index (χ4n) is 2.97. The van der Waals surface area contributed by atoms with Gasteiger partial charge in [-0.05, 0) is 25.3 Å².